The third kappa shape index (κ3) is 2.46. The molecule has 0 bridgehead atoms. The van der Waals surface area contributed by atoms with E-state index in [4.69, 9.17) is 4.42 Å². The molecule has 0 N–H and O–H groups in total. The summed E-state index contributed by atoms with van der Waals surface area (Å²) in [6.45, 7) is 8.04. The molecule has 0 saturated carbocycles. The van der Waals surface area contributed by atoms with Gasteiger partial charge in [-0.05, 0) is 43.2 Å². The van der Waals surface area contributed by atoms with Crippen LogP contribution in [0, 0.1) is 13.8 Å². The van der Waals surface area contributed by atoms with Crippen molar-refractivity contribution in [3.63, 3.8) is 0 Å². The third-order valence-electron chi connectivity index (χ3n) is 2.24. The van der Waals surface area contributed by atoms with E-state index in [-0.39, 0.29) is 5.63 Å². The Hall–Kier alpha value is -1.57. The smallest absolute Gasteiger partial charge is 0.336 e. The zero-order valence-electron chi connectivity index (χ0n) is 9.63. The topological polar surface area (TPSA) is 30.2 Å². The van der Waals surface area contributed by atoms with E-state index in [1.165, 1.54) is 11.6 Å². The highest BCUT2D eigenvalue weighted by Gasteiger charge is 1.99. The van der Waals surface area contributed by atoms with Crippen molar-refractivity contribution in [1.82, 2.24) is 0 Å². The van der Waals surface area contributed by atoms with E-state index >= 15 is 0 Å². The predicted octanol–water partition coefficient (Wildman–Crippen LogP) is 3.44. The SMILES string of the molecule is CC.Cc1cc2ccc(=O)oc2cc1C. The van der Waals surface area contributed by atoms with Crippen LogP contribution in [0.25, 0.3) is 11.0 Å². The minimum Gasteiger partial charge on any atom is -0.423 e. The monoisotopic (exact) mass is 204 g/mol. The van der Waals surface area contributed by atoms with Crippen molar-refractivity contribution < 1.29 is 4.42 Å². The van der Waals surface area contributed by atoms with Gasteiger partial charge < -0.3 is 4.42 Å². The quantitative estimate of drug-likeness (QED) is 0.615. The van der Waals surface area contributed by atoms with E-state index in [2.05, 4.69) is 0 Å². The standard InChI is InChI=1S/C11H10O2.C2H6/c1-7-5-9-3-4-11(12)13-10(9)6-8(7)2;1-2/h3-6H,1-2H3;1-2H3. The van der Waals surface area contributed by atoms with E-state index in [1.807, 2.05) is 39.8 Å². The third-order valence-corrected chi connectivity index (χ3v) is 2.24. The Labute approximate surface area is 89.5 Å². The minimum absolute atomic E-state index is 0.296. The largest absolute Gasteiger partial charge is 0.423 e. The lowest BCUT2D eigenvalue weighted by molar-refractivity contribution is 0.560. The van der Waals surface area contributed by atoms with Crippen LogP contribution >= 0.6 is 0 Å². The summed E-state index contributed by atoms with van der Waals surface area (Å²) in [4.78, 5) is 10.9. The molecule has 0 spiro atoms. The average molecular weight is 204 g/mol. The van der Waals surface area contributed by atoms with E-state index in [1.54, 1.807) is 6.07 Å². The van der Waals surface area contributed by atoms with Crippen molar-refractivity contribution in [2.24, 2.45) is 0 Å². The van der Waals surface area contributed by atoms with Gasteiger partial charge in [0.25, 0.3) is 0 Å². The molecular formula is C13H16O2. The molecule has 1 aromatic heterocycles. The zero-order chi connectivity index (χ0) is 11.4. The molecule has 0 atom stereocenters. The van der Waals surface area contributed by atoms with Crippen molar-refractivity contribution in [3.8, 4) is 0 Å². The fraction of sp³-hybridized carbons (Fsp3) is 0.308. The van der Waals surface area contributed by atoms with Gasteiger partial charge in [0.2, 0.25) is 0 Å². The Balaban J connectivity index is 0.000000531. The molecule has 80 valence electrons. The molecule has 2 nitrogen and oxygen atoms in total. The number of rotatable bonds is 0. The van der Waals surface area contributed by atoms with Gasteiger partial charge in [-0.2, -0.15) is 0 Å². The molecule has 2 aromatic rings. The zero-order valence-corrected chi connectivity index (χ0v) is 9.63. The van der Waals surface area contributed by atoms with Crippen molar-refractivity contribution in [1.29, 1.82) is 0 Å². The Kier molecular flexibility index (Phi) is 3.67. The van der Waals surface area contributed by atoms with E-state index < -0.39 is 0 Å². The van der Waals surface area contributed by atoms with Crippen LogP contribution < -0.4 is 5.63 Å². The number of hydrogen-bond donors (Lipinski definition) is 0. The summed E-state index contributed by atoms with van der Waals surface area (Å²) >= 11 is 0. The first-order chi connectivity index (χ1) is 7.16. The molecule has 0 aliphatic heterocycles. The molecular weight excluding hydrogens is 188 g/mol. The summed E-state index contributed by atoms with van der Waals surface area (Å²) < 4.78 is 5.04. The lowest BCUT2D eigenvalue weighted by atomic mass is 10.1. The van der Waals surface area contributed by atoms with Crippen LogP contribution in [0.2, 0.25) is 0 Å². The molecule has 0 fully saturated rings. The number of hydrogen-bond acceptors (Lipinski definition) is 2. The maximum atomic E-state index is 10.9. The fourth-order valence-electron chi connectivity index (χ4n) is 1.33. The lowest BCUT2D eigenvalue weighted by Crippen LogP contribution is -1.94. The molecule has 1 aromatic carbocycles. The van der Waals surface area contributed by atoms with Crippen LogP contribution in [0.4, 0.5) is 0 Å². The van der Waals surface area contributed by atoms with Gasteiger partial charge in [-0.3, -0.25) is 0 Å². The first-order valence-electron chi connectivity index (χ1n) is 5.18. The van der Waals surface area contributed by atoms with E-state index in [0.29, 0.717) is 5.58 Å². The van der Waals surface area contributed by atoms with Gasteiger partial charge >= 0.3 is 5.63 Å². The highest BCUT2D eigenvalue weighted by atomic mass is 16.4. The summed E-state index contributed by atoms with van der Waals surface area (Å²) in [7, 11) is 0. The van der Waals surface area contributed by atoms with Gasteiger partial charge in [-0.25, -0.2) is 4.79 Å². The minimum atomic E-state index is -0.296. The Bertz CT molecular complexity index is 509. The molecule has 2 rings (SSSR count). The molecule has 0 unspecified atom stereocenters. The van der Waals surface area contributed by atoms with E-state index in [0.717, 1.165) is 10.9 Å². The van der Waals surface area contributed by atoms with Gasteiger partial charge in [0.1, 0.15) is 5.58 Å². The maximum Gasteiger partial charge on any atom is 0.336 e. The first-order valence-corrected chi connectivity index (χ1v) is 5.18. The van der Waals surface area contributed by atoms with Gasteiger partial charge in [-0.1, -0.05) is 13.8 Å². The van der Waals surface area contributed by atoms with E-state index in [9.17, 15) is 4.79 Å². The number of aryl methyl sites for hydroxylation is 2. The molecule has 0 aliphatic rings. The van der Waals surface area contributed by atoms with Gasteiger partial charge in [0.05, 0.1) is 0 Å². The van der Waals surface area contributed by atoms with Crippen LogP contribution in [0.5, 0.6) is 0 Å². The average Bonchev–Trinajstić information content (AvgIpc) is 2.23. The number of benzene rings is 1. The van der Waals surface area contributed by atoms with Crippen LogP contribution in [-0.2, 0) is 0 Å². The highest BCUT2D eigenvalue weighted by Crippen LogP contribution is 2.17. The predicted molar refractivity (Wildman–Crippen MR) is 63.3 cm³/mol. The summed E-state index contributed by atoms with van der Waals surface area (Å²) in [5, 5.41) is 0.975. The van der Waals surface area contributed by atoms with Gasteiger partial charge in [0.15, 0.2) is 0 Å². The van der Waals surface area contributed by atoms with Crippen LogP contribution in [0.1, 0.15) is 25.0 Å². The van der Waals surface area contributed by atoms with Crippen molar-refractivity contribution in [2.45, 2.75) is 27.7 Å². The molecule has 0 radical (unpaired) electrons. The maximum absolute atomic E-state index is 10.9. The normalized spacial score (nSPS) is 9.60. The Morgan fingerprint density at radius 3 is 2.27 bits per heavy atom. The summed E-state index contributed by atoms with van der Waals surface area (Å²) in [5.74, 6) is 0. The van der Waals surface area contributed by atoms with Crippen molar-refractivity contribution in [3.05, 3.63) is 45.8 Å². The molecule has 0 aliphatic carbocycles. The molecule has 0 saturated heterocycles. The second kappa shape index (κ2) is 4.78. The lowest BCUT2D eigenvalue weighted by Gasteiger charge is -2.01. The van der Waals surface area contributed by atoms with Crippen molar-refractivity contribution >= 4 is 11.0 Å². The van der Waals surface area contributed by atoms with Gasteiger partial charge in [-0.15, -0.1) is 0 Å². The molecule has 1 heterocycles. The Morgan fingerprint density at radius 2 is 1.60 bits per heavy atom. The highest BCUT2D eigenvalue weighted by molar-refractivity contribution is 5.78. The second-order valence-corrected chi connectivity index (χ2v) is 3.23. The summed E-state index contributed by atoms with van der Waals surface area (Å²) in [5.41, 5.74) is 2.72. The first kappa shape index (κ1) is 11.5. The summed E-state index contributed by atoms with van der Waals surface area (Å²) in [6.07, 6.45) is 0. The second-order valence-electron chi connectivity index (χ2n) is 3.23. The summed E-state index contributed by atoms with van der Waals surface area (Å²) in [6, 6.07) is 7.14. The number of fused-ring (bicyclic) bond motifs is 1. The fourth-order valence-corrected chi connectivity index (χ4v) is 1.33. The Morgan fingerprint density at radius 1 is 1.00 bits per heavy atom. The molecule has 15 heavy (non-hydrogen) atoms. The molecule has 2 heteroatoms. The molecule has 0 amide bonds. The van der Waals surface area contributed by atoms with Crippen molar-refractivity contribution in [2.75, 3.05) is 0 Å². The van der Waals surface area contributed by atoms with Crippen LogP contribution in [0.15, 0.2) is 33.5 Å². The van der Waals surface area contributed by atoms with Crippen LogP contribution in [0.3, 0.4) is 0 Å². The van der Waals surface area contributed by atoms with Crippen LogP contribution in [-0.4, -0.2) is 0 Å². The van der Waals surface area contributed by atoms with Gasteiger partial charge in [0, 0.05) is 11.5 Å².